The van der Waals surface area contributed by atoms with Crippen LogP contribution in [0.5, 0.6) is 0 Å². The van der Waals surface area contributed by atoms with Gasteiger partial charge in [0.05, 0.1) is 39.9 Å². The fourth-order valence-electron chi connectivity index (χ4n) is 11.6. The minimum Gasteiger partial charge on any atom is -0.756 e. The average Bonchev–Trinajstić information content (AvgIpc) is 3.09. The quantitative estimate of drug-likeness (QED) is 0.0272. The van der Waals surface area contributed by atoms with Crippen LogP contribution in [0.25, 0.3) is 0 Å². The Kier molecular flexibility index (Phi) is 69.2. The fraction of sp³-hybridized carbons (Fsp3) is 0.815. The summed E-state index contributed by atoms with van der Waals surface area (Å²) in [5.41, 5.74) is 0. The molecule has 0 fully saturated rings. The van der Waals surface area contributed by atoms with Crippen molar-refractivity contribution in [1.29, 1.82) is 0 Å². The molecule has 526 valence electrons. The highest BCUT2D eigenvalue weighted by Crippen LogP contribution is 2.38. The van der Waals surface area contributed by atoms with Gasteiger partial charge in [-0.3, -0.25) is 9.36 Å². The number of phosphoric acid groups is 1. The van der Waals surface area contributed by atoms with Crippen molar-refractivity contribution in [3.63, 3.8) is 0 Å². The second-order valence-corrected chi connectivity index (χ2v) is 29.1. The van der Waals surface area contributed by atoms with E-state index in [0.717, 1.165) is 77.0 Å². The lowest BCUT2D eigenvalue weighted by molar-refractivity contribution is -0.870. The summed E-state index contributed by atoms with van der Waals surface area (Å²) >= 11 is 0. The van der Waals surface area contributed by atoms with Gasteiger partial charge in [0.2, 0.25) is 5.91 Å². The third-order valence-corrected chi connectivity index (χ3v) is 18.6. The molecule has 0 heterocycles. The number of likely N-dealkylation sites (N-methyl/N-ethyl adjacent to an activating group) is 1. The summed E-state index contributed by atoms with van der Waals surface area (Å²) in [6.45, 7) is 4.59. The third kappa shape index (κ3) is 73.1. The van der Waals surface area contributed by atoms with Crippen LogP contribution < -0.4 is 10.2 Å². The SMILES string of the molecule is CC/C=C\C/C=C\C/C=C\C/C=C\C/C=C\C/C=C\CCCCCCCCCCCCCCCCCCCCCCCCC(=O)NC(COP(=O)([O-])OCC[N+](C)(C)C)C(O)/C=C/CCCCCCCCCCCCCCCCCCCCCCCCCCC. The highest BCUT2D eigenvalue weighted by atomic mass is 31.2. The lowest BCUT2D eigenvalue weighted by Crippen LogP contribution is -2.45. The molecule has 0 rings (SSSR count). The van der Waals surface area contributed by atoms with Gasteiger partial charge < -0.3 is 28.8 Å². The molecule has 2 N–H and O–H groups in total. The largest absolute Gasteiger partial charge is 0.756 e. The van der Waals surface area contributed by atoms with E-state index in [4.69, 9.17) is 9.05 Å². The Balaban J connectivity index is 3.95. The highest BCUT2D eigenvalue weighted by Gasteiger charge is 2.23. The van der Waals surface area contributed by atoms with Crippen LogP contribution in [0.4, 0.5) is 0 Å². The molecule has 8 nitrogen and oxygen atoms in total. The van der Waals surface area contributed by atoms with Gasteiger partial charge in [-0.2, -0.15) is 0 Å². The first-order chi connectivity index (χ1) is 44.0. The molecule has 0 aliphatic rings. The molecular weight excluding hydrogens is 1130 g/mol. The van der Waals surface area contributed by atoms with Crippen LogP contribution in [0.1, 0.15) is 373 Å². The molecule has 90 heavy (non-hydrogen) atoms. The second kappa shape index (κ2) is 71.0. The number of unbranched alkanes of at least 4 members (excludes halogenated alkanes) is 47. The van der Waals surface area contributed by atoms with Gasteiger partial charge in [0.1, 0.15) is 13.2 Å². The Bertz CT molecular complexity index is 1750. The number of aliphatic hydroxyl groups is 1. The van der Waals surface area contributed by atoms with E-state index in [1.165, 1.54) is 276 Å². The number of allylic oxidation sites excluding steroid dienone is 13. The van der Waals surface area contributed by atoms with Gasteiger partial charge in [0.25, 0.3) is 7.82 Å². The minimum absolute atomic E-state index is 0.000594. The van der Waals surface area contributed by atoms with E-state index >= 15 is 0 Å². The predicted molar refractivity (Wildman–Crippen MR) is 394 cm³/mol. The van der Waals surface area contributed by atoms with Crippen molar-refractivity contribution in [2.75, 3.05) is 40.9 Å². The Morgan fingerprint density at radius 2 is 0.678 bits per heavy atom. The maximum absolute atomic E-state index is 13.1. The van der Waals surface area contributed by atoms with E-state index in [1.807, 2.05) is 27.2 Å². The number of amides is 1. The number of nitrogens with zero attached hydrogens (tertiary/aromatic N) is 1. The van der Waals surface area contributed by atoms with Crippen molar-refractivity contribution in [1.82, 2.24) is 5.32 Å². The maximum atomic E-state index is 13.1. The molecule has 0 saturated carbocycles. The van der Waals surface area contributed by atoms with E-state index in [0.29, 0.717) is 17.4 Å². The molecule has 0 spiro atoms. The maximum Gasteiger partial charge on any atom is 0.268 e. The van der Waals surface area contributed by atoms with Gasteiger partial charge in [-0.1, -0.05) is 381 Å². The molecule has 0 bridgehead atoms. The molecule has 0 radical (unpaired) electrons. The van der Waals surface area contributed by atoms with Gasteiger partial charge in [0.15, 0.2) is 0 Å². The number of carbonyl (C=O) groups is 1. The molecule has 0 aromatic heterocycles. The van der Waals surface area contributed by atoms with Crippen molar-refractivity contribution in [2.24, 2.45) is 0 Å². The van der Waals surface area contributed by atoms with Gasteiger partial charge in [-0.05, 0) is 70.6 Å². The topological polar surface area (TPSA) is 108 Å². The van der Waals surface area contributed by atoms with Gasteiger partial charge >= 0.3 is 0 Å². The number of carbonyl (C=O) groups excluding carboxylic acids is 1. The Hall–Kier alpha value is -2.32. The smallest absolute Gasteiger partial charge is 0.268 e. The first-order valence-corrected chi connectivity index (χ1v) is 40.4. The molecule has 1 amide bonds. The van der Waals surface area contributed by atoms with E-state index < -0.39 is 20.0 Å². The Morgan fingerprint density at radius 3 is 0.989 bits per heavy atom. The van der Waals surface area contributed by atoms with Crippen molar-refractivity contribution >= 4 is 13.7 Å². The first-order valence-electron chi connectivity index (χ1n) is 38.9. The lowest BCUT2D eigenvalue weighted by atomic mass is 10.0. The van der Waals surface area contributed by atoms with Crippen LogP contribution in [0, 0.1) is 0 Å². The number of aliphatic hydroxyl groups excluding tert-OH is 1. The summed E-state index contributed by atoms with van der Waals surface area (Å²) in [6.07, 6.45) is 102. The van der Waals surface area contributed by atoms with E-state index in [1.54, 1.807) is 6.08 Å². The lowest BCUT2D eigenvalue weighted by Gasteiger charge is -2.29. The van der Waals surface area contributed by atoms with E-state index in [9.17, 15) is 19.4 Å². The van der Waals surface area contributed by atoms with Gasteiger partial charge in [-0.15, -0.1) is 0 Å². The molecular formula is C81H151N2O6P. The predicted octanol–water partition coefficient (Wildman–Crippen LogP) is 24.8. The summed E-state index contributed by atoms with van der Waals surface area (Å²) in [7, 11) is 1.27. The Labute approximate surface area is 560 Å². The number of rotatable bonds is 72. The second-order valence-electron chi connectivity index (χ2n) is 27.7. The van der Waals surface area contributed by atoms with Crippen molar-refractivity contribution in [3.05, 3.63) is 85.1 Å². The van der Waals surface area contributed by atoms with Gasteiger partial charge in [0, 0.05) is 6.42 Å². The molecule has 3 unspecified atom stereocenters. The molecule has 9 heteroatoms. The number of nitrogens with one attached hydrogen (secondary N) is 1. The fourth-order valence-corrected chi connectivity index (χ4v) is 12.4. The third-order valence-electron chi connectivity index (χ3n) is 17.6. The van der Waals surface area contributed by atoms with Crippen molar-refractivity contribution in [3.8, 4) is 0 Å². The van der Waals surface area contributed by atoms with Crippen LogP contribution in [0.2, 0.25) is 0 Å². The zero-order valence-electron chi connectivity index (χ0n) is 60.3. The Morgan fingerprint density at radius 1 is 0.400 bits per heavy atom. The van der Waals surface area contributed by atoms with E-state index in [2.05, 4.69) is 92.1 Å². The van der Waals surface area contributed by atoms with Crippen LogP contribution in [0.15, 0.2) is 85.1 Å². The standard InChI is InChI=1S/C81H151N2O6P/c1-6-8-10-12-14-16-18-20-22-24-26-28-30-32-34-35-36-37-38-39-40-41-42-43-44-45-46-47-49-51-53-55-57-59-61-63-65-67-69-71-73-75-81(85)82-79(78-89-90(86,87)88-77-76-83(3,4)5)80(84)74-72-70-68-66-64-62-60-58-56-54-52-50-48-33-31-29-27-25-23-21-19-17-15-13-11-9-7-2/h8,10,14,16,20,22,26,28,32,34,36-37,72,74,79-80,84H,6-7,9,11-13,15,17-19,21,23-25,27,29-31,33,35,38-71,73,75-78H2,1-5H3,(H-,82,85,86,87)/b10-8-,16-14-,22-20-,28-26-,34-32-,37-36-,74-72+. The average molecular weight is 1280 g/mol. The highest BCUT2D eigenvalue weighted by molar-refractivity contribution is 7.45. The molecule has 0 aliphatic carbocycles. The number of phosphoric ester groups is 1. The molecule has 3 atom stereocenters. The van der Waals surface area contributed by atoms with E-state index in [-0.39, 0.29) is 19.1 Å². The van der Waals surface area contributed by atoms with Crippen LogP contribution in [0.3, 0.4) is 0 Å². The summed E-state index contributed by atoms with van der Waals surface area (Å²) in [5, 5.41) is 14.0. The molecule has 0 aromatic carbocycles. The van der Waals surface area contributed by atoms with Crippen molar-refractivity contribution < 1.29 is 32.9 Å². The first kappa shape index (κ1) is 87.7. The zero-order valence-corrected chi connectivity index (χ0v) is 61.2. The molecule has 0 saturated heterocycles. The number of quaternary nitrogens is 1. The van der Waals surface area contributed by atoms with Crippen LogP contribution in [-0.2, 0) is 18.4 Å². The summed E-state index contributed by atoms with van der Waals surface area (Å²) < 4.78 is 23.5. The minimum atomic E-state index is -4.61. The molecule has 0 aliphatic heterocycles. The van der Waals surface area contributed by atoms with Crippen LogP contribution >= 0.6 is 7.82 Å². The molecule has 0 aromatic rings. The monoisotopic (exact) mass is 1280 g/mol. The van der Waals surface area contributed by atoms with Crippen LogP contribution in [-0.4, -0.2) is 68.5 Å². The number of hydrogen-bond donors (Lipinski definition) is 2. The van der Waals surface area contributed by atoms with Crippen molar-refractivity contribution in [2.45, 2.75) is 386 Å². The zero-order chi connectivity index (χ0) is 65.5. The summed E-state index contributed by atoms with van der Waals surface area (Å²) in [5.74, 6) is -0.191. The summed E-state index contributed by atoms with van der Waals surface area (Å²) in [4.78, 5) is 25.7. The summed E-state index contributed by atoms with van der Waals surface area (Å²) in [6, 6.07) is -0.890. The number of hydrogen-bond acceptors (Lipinski definition) is 6. The normalized spacial score (nSPS) is 14.0. The van der Waals surface area contributed by atoms with Gasteiger partial charge in [-0.25, -0.2) is 0 Å².